The standard InChI is InChI=1S/C29H58N2O3Si/c1-5-6-7-8-9-10-11-12-13-14-15-16-17-18-19-23-28(32)31-24-21-20-22-27(30)29(33)34-25-26-35(2,3)4/h12-13,27H,5-11,14-26,30H2,1-4H3,(H,31,32)/t27-/m0/s1. The Labute approximate surface area is 218 Å². The van der Waals surface area contributed by atoms with Gasteiger partial charge in [-0.05, 0) is 57.4 Å². The first-order valence-corrected chi connectivity index (χ1v) is 18.3. The summed E-state index contributed by atoms with van der Waals surface area (Å²) in [6.07, 6.45) is 24.0. The summed E-state index contributed by atoms with van der Waals surface area (Å²) in [6.45, 7) is 10.2. The van der Waals surface area contributed by atoms with Crippen LogP contribution in [0.2, 0.25) is 25.7 Å². The Kier molecular flexibility index (Phi) is 22.5. The van der Waals surface area contributed by atoms with Crippen LogP contribution < -0.4 is 11.1 Å². The molecule has 0 bridgehead atoms. The molecule has 0 saturated carbocycles. The molecule has 0 spiro atoms. The summed E-state index contributed by atoms with van der Waals surface area (Å²) in [5.74, 6) is -0.158. The fourth-order valence-corrected chi connectivity index (χ4v) is 4.56. The van der Waals surface area contributed by atoms with Crippen molar-refractivity contribution in [3.63, 3.8) is 0 Å². The largest absolute Gasteiger partial charge is 0.465 e. The van der Waals surface area contributed by atoms with E-state index in [4.69, 9.17) is 10.5 Å². The van der Waals surface area contributed by atoms with E-state index in [0.717, 1.165) is 31.7 Å². The molecule has 1 atom stereocenters. The summed E-state index contributed by atoms with van der Waals surface area (Å²) < 4.78 is 5.29. The van der Waals surface area contributed by atoms with Gasteiger partial charge in [-0.25, -0.2) is 0 Å². The van der Waals surface area contributed by atoms with E-state index in [2.05, 4.69) is 44.0 Å². The summed E-state index contributed by atoms with van der Waals surface area (Å²) in [5.41, 5.74) is 5.93. The summed E-state index contributed by atoms with van der Waals surface area (Å²) in [5, 5.41) is 2.99. The van der Waals surface area contributed by atoms with E-state index in [1.54, 1.807) is 0 Å². The number of allylic oxidation sites excluding steroid dienone is 2. The zero-order valence-electron chi connectivity index (χ0n) is 23.7. The van der Waals surface area contributed by atoms with Gasteiger partial charge in [-0.1, -0.05) is 90.1 Å². The Morgan fingerprint density at radius 3 is 2.00 bits per heavy atom. The molecule has 3 N–H and O–H groups in total. The second kappa shape index (κ2) is 23.3. The molecule has 0 rings (SSSR count). The number of hydrogen-bond acceptors (Lipinski definition) is 4. The topological polar surface area (TPSA) is 81.4 Å². The highest BCUT2D eigenvalue weighted by Gasteiger charge is 2.17. The van der Waals surface area contributed by atoms with E-state index < -0.39 is 14.1 Å². The number of nitrogens with one attached hydrogen (secondary N) is 1. The normalized spacial score (nSPS) is 12.7. The van der Waals surface area contributed by atoms with Crippen LogP contribution >= 0.6 is 0 Å². The first kappa shape index (κ1) is 33.9. The Morgan fingerprint density at radius 2 is 1.40 bits per heavy atom. The molecular weight excluding hydrogens is 452 g/mol. The first-order chi connectivity index (χ1) is 16.8. The monoisotopic (exact) mass is 510 g/mol. The maximum absolute atomic E-state index is 12.0. The molecule has 0 aliphatic heterocycles. The molecule has 0 radical (unpaired) electrons. The molecule has 0 aromatic heterocycles. The smallest absolute Gasteiger partial charge is 0.322 e. The van der Waals surface area contributed by atoms with E-state index in [0.29, 0.717) is 26.0 Å². The number of amides is 1. The van der Waals surface area contributed by atoms with Gasteiger partial charge >= 0.3 is 5.97 Å². The van der Waals surface area contributed by atoms with Gasteiger partial charge in [0.2, 0.25) is 5.91 Å². The van der Waals surface area contributed by atoms with Gasteiger partial charge in [0.25, 0.3) is 0 Å². The lowest BCUT2D eigenvalue weighted by atomic mass is 10.1. The highest BCUT2D eigenvalue weighted by molar-refractivity contribution is 6.76. The van der Waals surface area contributed by atoms with Gasteiger partial charge in [-0.15, -0.1) is 0 Å². The number of hydrogen-bond donors (Lipinski definition) is 2. The van der Waals surface area contributed by atoms with Crippen LogP contribution in [0.5, 0.6) is 0 Å². The van der Waals surface area contributed by atoms with E-state index in [1.807, 2.05) is 0 Å². The molecule has 0 saturated heterocycles. The second-order valence-corrected chi connectivity index (χ2v) is 16.9. The van der Waals surface area contributed by atoms with Crippen LogP contribution in [0.15, 0.2) is 12.2 Å². The SMILES string of the molecule is CCCCCCCCC=CCCCCCCCC(=O)NCCCC[C@H](N)C(=O)OCC[Si](C)(C)C. The van der Waals surface area contributed by atoms with Crippen molar-refractivity contribution in [2.45, 2.75) is 148 Å². The fourth-order valence-electron chi connectivity index (χ4n) is 3.84. The lowest BCUT2D eigenvalue weighted by molar-refractivity contribution is -0.144. The van der Waals surface area contributed by atoms with Crippen molar-refractivity contribution in [1.82, 2.24) is 5.32 Å². The van der Waals surface area contributed by atoms with Gasteiger partial charge in [0, 0.05) is 21.0 Å². The number of unbranched alkanes of at least 4 members (excludes halogenated alkanes) is 12. The molecule has 0 heterocycles. The molecule has 35 heavy (non-hydrogen) atoms. The molecule has 0 aliphatic rings. The van der Waals surface area contributed by atoms with Gasteiger partial charge in [-0.3, -0.25) is 9.59 Å². The highest BCUT2D eigenvalue weighted by atomic mass is 28.3. The quantitative estimate of drug-likeness (QED) is 0.0609. The van der Waals surface area contributed by atoms with Crippen molar-refractivity contribution in [2.75, 3.05) is 13.2 Å². The minimum absolute atomic E-state index is 0.137. The van der Waals surface area contributed by atoms with Crippen molar-refractivity contribution in [3.05, 3.63) is 12.2 Å². The lowest BCUT2D eigenvalue weighted by Crippen LogP contribution is -2.34. The van der Waals surface area contributed by atoms with Gasteiger partial charge in [0.05, 0.1) is 6.61 Å². The number of nitrogens with two attached hydrogens (primary N) is 1. The highest BCUT2D eigenvalue weighted by Crippen LogP contribution is 2.11. The fraction of sp³-hybridized carbons (Fsp3) is 0.862. The minimum atomic E-state index is -1.20. The third-order valence-electron chi connectivity index (χ3n) is 6.33. The van der Waals surface area contributed by atoms with Crippen molar-refractivity contribution in [1.29, 1.82) is 0 Å². The van der Waals surface area contributed by atoms with Crippen LogP contribution in [0.1, 0.15) is 116 Å². The predicted molar refractivity (Wildman–Crippen MR) is 153 cm³/mol. The molecule has 0 aromatic rings. The van der Waals surface area contributed by atoms with Crippen molar-refractivity contribution in [3.8, 4) is 0 Å². The van der Waals surface area contributed by atoms with Crippen LogP contribution in [0, 0.1) is 0 Å². The first-order valence-electron chi connectivity index (χ1n) is 14.6. The van der Waals surface area contributed by atoms with E-state index in [1.165, 1.54) is 70.6 Å². The molecule has 206 valence electrons. The summed E-state index contributed by atoms with van der Waals surface area (Å²) >= 11 is 0. The van der Waals surface area contributed by atoms with Crippen LogP contribution in [0.4, 0.5) is 0 Å². The third-order valence-corrected chi connectivity index (χ3v) is 8.03. The lowest BCUT2D eigenvalue weighted by Gasteiger charge is -2.17. The van der Waals surface area contributed by atoms with E-state index in [-0.39, 0.29) is 11.9 Å². The van der Waals surface area contributed by atoms with Crippen molar-refractivity contribution >= 4 is 20.0 Å². The Bertz CT molecular complexity index is 547. The summed E-state index contributed by atoms with van der Waals surface area (Å²) in [6, 6.07) is 0.414. The number of carbonyl (C=O) groups is 2. The van der Waals surface area contributed by atoms with Crippen LogP contribution in [-0.4, -0.2) is 39.1 Å². The van der Waals surface area contributed by atoms with E-state index in [9.17, 15) is 9.59 Å². The third kappa shape index (κ3) is 25.7. The zero-order chi connectivity index (χ0) is 26.2. The number of rotatable bonds is 24. The average Bonchev–Trinajstić information content (AvgIpc) is 2.80. The molecule has 0 aliphatic carbocycles. The van der Waals surface area contributed by atoms with Crippen LogP contribution in [-0.2, 0) is 14.3 Å². The molecule has 5 nitrogen and oxygen atoms in total. The summed E-state index contributed by atoms with van der Waals surface area (Å²) in [4.78, 5) is 23.9. The van der Waals surface area contributed by atoms with Crippen molar-refractivity contribution in [2.24, 2.45) is 5.73 Å². The predicted octanol–water partition coefficient (Wildman–Crippen LogP) is 7.52. The Balaban J connectivity index is 3.45. The number of esters is 1. The number of ether oxygens (including phenoxy) is 1. The maximum Gasteiger partial charge on any atom is 0.322 e. The zero-order valence-corrected chi connectivity index (χ0v) is 24.7. The molecular formula is C29H58N2O3Si. The van der Waals surface area contributed by atoms with Gasteiger partial charge in [0.1, 0.15) is 6.04 Å². The van der Waals surface area contributed by atoms with Crippen LogP contribution in [0.25, 0.3) is 0 Å². The second-order valence-electron chi connectivity index (χ2n) is 11.3. The number of carbonyl (C=O) groups excluding carboxylic acids is 2. The molecule has 0 fully saturated rings. The molecule has 0 aromatic carbocycles. The maximum atomic E-state index is 12.0. The average molecular weight is 511 g/mol. The minimum Gasteiger partial charge on any atom is -0.465 e. The van der Waals surface area contributed by atoms with Crippen LogP contribution in [0.3, 0.4) is 0 Å². The van der Waals surface area contributed by atoms with Gasteiger partial charge in [0.15, 0.2) is 0 Å². The molecule has 0 unspecified atom stereocenters. The molecule has 1 amide bonds. The Hall–Kier alpha value is -1.14. The summed E-state index contributed by atoms with van der Waals surface area (Å²) in [7, 11) is -1.20. The Morgan fingerprint density at radius 1 is 0.829 bits per heavy atom. The van der Waals surface area contributed by atoms with Gasteiger partial charge in [-0.2, -0.15) is 0 Å². The van der Waals surface area contributed by atoms with Gasteiger partial charge < -0.3 is 15.8 Å². The van der Waals surface area contributed by atoms with Crippen molar-refractivity contribution < 1.29 is 14.3 Å². The van der Waals surface area contributed by atoms with E-state index >= 15 is 0 Å². The molecule has 6 heteroatoms.